The molecule has 2 aromatic rings. The first-order valence-electron chi connectivity index (χ1n) is 8.54. The number of sulfone groups is 1. The molecule has 0 aliphatic carbocycles. The molecule has 7 nitrogen and oxygen atoms in total. The van der Waals surface area contributed by atoms with Gasteiger partial charge < -0.3 is 9.80 Å². The molecule has 3 heterocycles. The van der Waals surface area contributed by atoms with Gasteiger partial charge in [0.25, 0.3) is 11.8 Å². The standard InChI is InChI=1S/C19H17N3O4S/c23-18(15-6-3-4-8-20-15)21-9-11-22(12-10-21)19(24)17-13-14-5-1-2-7-16(14)27(17,25)26/h1-8,13H,9-12H2. The first kappa shape index (κ1) is 17.4. The number of hydrogen-bond donors (Lipinski definition) is 0. The molecule has 0 atom stereocenters. The van der Waals surface area contributed by atoms with Gasteiger partial charge in [-0.15, -0.1) is 0 Å². The second-order valence-electron chi connectivity index (χ2n) is 6.35. The van der Waals surface area contributed by atoms with E-state index in [2.05, 4.69) is 4.98 Å². The molecule has 0 unspecified atom stereocenters. The summed E-state index contributed by atoms with van der Waals surface area (Å²) in [4.78, 5) is 32.4. The third-order valence-electron chi connectivity index (χ3n) is 4.73. The number of aromatic nitrogens is 1. The minimum absolute atomic E-state index is 0.164. The Bertz CT molecular complexity index is 1040. The van der Waals surface area contributed by atoms with Crippen molar-refractivity contribution in [2.24, 2.45) is 0 Å². The molecular formula is C19H17N3O4S. The lowest BCUT2D eigenvalue weighted by atomic mass is 10.2. The lowest BCUT2D eigenvalue weighted by Crippen LogP contribution is -2.51. The number of carbonyl (C=O) groups is 2. The summed E-state index contributed by atoms with van der Waals surface area (Å²) in [5.74, 6) is -0.709. The van der Waals surface area contributed by atoms with Gasteiger partial charge in [-0.3, -0.25) is 14.6 Å². The molecule has 138 valence electrons. The van der Waals surface area contributed by atoms with Crippen molar-refractivity contribution >= 4 is 27.7 Å². The molecular weight excluding hydrogens is 366 g/mol. The van der Waals surface area contributed by atoms with Crippen molar-refractivity contribution in [2.75, 3.05) is 26.2 Å². The molecule has 2 aliphatic rings. The molecule has 0 saturated carbocycles. The summed E-state index contributed by atoms with van der Waals surface area (Å²) in [7, 11) is -3.79. The van der Waals surface area contributed by atoms with Crippen LogP contribution in [0, 0.1) is 0 Å². The molecule has 0 bridgehead atoms. The molecule has 4 rings (SSSR count). The van der Waals surface area contributed by atoms with Crippen molar-refractivity contribution < 1.29 is 18.0 Å². The van der Waals surface area contributed by atoms with E-state index in [1.54, 1.807) is 47.5 Å². The van der Waals surface area contributed by atoms with Crippen LogP contribution in [0.1, 0.15) is 16.1 Å². The number of fused-ring (bicyclic) bond motifs is 1. The van der Waals surface area contributed by atoms with E-state index in [0.717, 1.165) is 0 Å². The first-order valence-corrected chi connectivity index (χ1v) is 10.0. The van der Waals surface area contributed by atoms with Crippen LogP contribution in [0.5, 0.6) is 0 Å². The quantitative estimate of drug-likeness (QED) is 0.778. The topological polar surface area (TPSA) is 87.7 Å². The lowest BCUT2D eigenvalue weighted by Gasteiger charge is -2.34. The van der Waals surface area contributed by atoms with Gasteiger partial charge in [-0.25, -0.2) is 8.42 Å². The molecule has 1 aromatic carbocycles. The second-order valence-corrected chi connectivity index (χ2v) is 8.24. The van der Waals surface area contributed by atoms with Crippen molar-refractivity contribution in [1.82, 2.24) is 14.8 Å². The van der Waals surface area contributed by atoms with Gasteiger partial charge in [0.2, 0.25) is 9.84 Å². The summed E-state index contributed by atoms with van der Waals surface area (Å²) in [6, 6.07) is 11.7. The Morgan fingerprint density at radius 1 is 0.852 bits per heavy atom. The highest BCUT2D eigenvalue weighted by Gasteiger charge is 2.37. The van der Waals surface area contributed by atoms with Crippen LogP contribution in [0.4, 0.5) is 0 Å². The molecule has 0 spiro atoms. The number of pyridine rings is 1. The zero-order valence-corrected chi connectivity index (χ0v) is 15.2. The van der Waals surface area contributed by atoms with E-state index in [1.165, 1.54) is 17.0 Å². The molecule has 27 heavy (non-hydrogen) atoms. The van der Waals surface area contributed by atoms with Gasteiger partial charge in [0.15, 0.2) is 0 Å². The predicted molar refractivity (Wildman–Crippen MR) is 98.3 cm³/mol. The van der Waals surface area contributed by atoms with Crippen LogP contribution < -0.4 is 0 Å². The van der Waals surface area contributed by atoms with Gasteiger partial charge in [-0.05, 0) is 29.8 Å². The first-order chi connectivity index (χ1) is 13.0. The largest absolute Gasteiger partial charge is 0.334 e. The molecule has 1 fully saturated rings. The average Bonchev–Trinajstić information content (AvgIpc) is 2.99. The van der Waals surface area contributed by atoms with Crippen LogP contribution in [0.2, 0.25) is 0 Å². The van der Waals surface area contributed by atoms with Gasteiger partial charge in [0, 0.05) is 32.4 Å². The number of piperazine rings is 1. The van der Waals surface area contributed by atoms with E-state index < -0.39 is 15.7 Å². The summed E-state index contributed by atoms with van der Waals surface area (Å²) in [5.41, 5.74) is 0.888. The zero-order chi connectivity index (χ0) is 19.0. The van der Waals surface area contributed by atoms with Gasteiger partial charge in [0.1, 0.15) is 10.6 Å². The SMILES string of the molecule is O=C(C1=Cc2ccccc2S1(=O)=O)N1CCN(C(=O)c2ccccn2)CC1. The fourth-order valence-corrected chi connectivity index (χ4v) is 4.85. The highest BCUT2D eigenvalue weighted by molar-refractivity contribution is 7.96. The van der Waals surface area contributed by atoms with E-state index in [0.29, 0.717) is 24.3 Å². The van der Waals surface area contributed by atoms with Crippen molar-refractivity contribution in [3.8, 4) is 0 Å². The Morgan fingerprint density at radius 2 is 1.48 bits per heavy atom. The van der Waals surface area contributed by atoms with E-state index in [1.807, 2.05) is 0 Å². The molecule has 0 N–H and O–H groups in total. The van der Waals surface area contributed by atoms with Crippen molar-refractivity contribution in [1.29, 1.82) is 0 Å². The van der Waals surface area contributed by atoms with Crippen molar-refractivity contribution in [2.45, 2.75) is 4.90 Å². The van der Waals surface area contributed by atoms with Crippen LogP contribution >= 0.6 is 0 Å². The molecule has 8 heteroatoms. The third kappa shape index (κ3) is 3.02. The Labute approximate surface area is 156 Å². The summed E-state index contributed by atoms with van der Waals surface area (Å²) < 4.78 is 25.3. The molecule has 2 aliphatic heterocycles. The van der Waals surface area contributed by atoms with Crippen LogP contribution in [-0.2, 0) is 14.6 Å². The second kappa shape index (κ2) is 6.62. The Morgan fingerprint density at radius 3 is 2.11 bits per heavy atom. The van der Waals surface area contributed by atoms with Crippen LogP contribution in [0.15, 0.2) is 58.5 Å². The molecule has 0 radical (unpaired) electrons. The smallest absolute Gasteiger partial charge is 0.272 e. The predicted octanol–water partition coefficient (Wildman–Crippen LogP) is 1.19. The van der Waals surface area contributed by atoms with Gasteiger partial charge in [0.05, 0.1) is 4.90 Å². The maximum atomic E-state index is 12.8. The minimum Gasteiger partial charge on any atom is -0.334 e. The summed E-state index contributed by atoms with van der Waals surface area (Å²) in [6.07, 6.45) is 2.99. The van der Waals surface area contributed by atoms with E-state index >= 15 is 0 Å². The number of benzene rings is 1. The lowest BCUT2D eigenvalue weighted by molar-refractivity contribution is -0.127. The van der Waals surface area contributed by atoms with Gasteiger partial charge >= 0.3 is 0 Å². The fraction of sp³-hybridized carbons (Fsp3) is 0.211. The summed E-state index contributed by atoms with van der Waals surface area (Å²) >= 11 is 0. The molecule has 1 aromatic heterocycles. The number of carbonyl (C=O) groups excluding carboxylic acids is 2. The normalized spacial score (nSPS) is 18.0. The Kier molecular flexibility index (Phi) is 4.27. The number of nitrogens with zero attached hydrogens (tertiary/aromatic N) is 3. The number of amides is 2. The van der Waals surface area contributed by atoms with Gasteiger partial charge in [-0.2, -0.15) is 0 Å². The van der Waals surface area contributed by atoms with E-state index in [9.17, 15) is 18.0 Å². The Balaban J connectivity index is 1.46. The van der Waals surface area contributed by atoms with E-state index in [-0.39, 0.29) is 28.8 Å². The average molecular weight is 383 g/mol. The van der Waals surface area contributed by atoms with Crippen LogP contribution in [-0.4, -0.2) is 61.2 Å². The van der Waals surface area contributed by atoms with Crippen LogP contribution in [0.3, 0.4) is 0 Å². The monoisotopic (exact) mass is 383 g/mol. The third-order valence-corrected chi connectivity index (χ3v) is 6.56. The van der Waals surface area contributed by atoms with E-state index in [4.69, 9.17) is 0 Å². The maximum absolute atomic E-state index is 12.8. The summed E-state index contributed by atoms with van der Waals surface area (Å²) in [5, 5.41) is 0. The van der Waals surface area contributed by atoms with Gasteiger partial charge in [-0.1, -0.05) is 24.3 Å². The Hall–Kier alpha value is -3.00. The highest BCUT2D eigenvalue weighted by Crippen LogP contribution is 2.33. The van der Waals surface area contributed by atoms with Crippen LogP contribution in [0.25, 0.3) is 6.08 Å². The summed E-state index contributed by atoms with van der Waals surface area (Å²) in [6.45, 7) is 1.23. The van der Waals surface area contributed by atoms with Crippen molar-refractivity contribution in [3.05, 3.63) is 64.8 Å². The zero-order valence-electron chi connectivity index (χ0n) is 14.4. The minimum atomic E-state index is -3.79. The highest BCUT2D eigenvalue weighted by atomic mass is 32.2. The maximum Gasteiger partial charge on any atom is 0.272 e. The van der Waals surface area contributed by atoms with Crippen molar-refractivity contribution in [3.63, 3.8) is 0 Å². The number of rotatable bonds is 2. The molecule has 1 saturated heterocycles. The fourth-order valence-electron chi connectivity index (χ4n) is 3.28. The molecule has 2 amide bonds. The number of hydrogen-bond acceptors (Lipinski definition) is 5.